The Morgan fingerprint density at radius 2 is 2.36 bits per heavy atom. The number of nitrogens with two attached hydrogens (primary N) is 1. The van der Waals surface area contributed by atoms with Crippen molar-refractivity contribution in [1.29, 1.82) is 5.26 Å². The molecule has 4 N–H and O–H groups in total. The van der Waals surface area contributed by atoms with Gasteiger partial charge in [0, 0.05) is 36.4 Å². The van der Waals surface area contributed by atoms with E-state index in [9.17, 15) is 15.2 Å². The minimum atomic E-state index is -1.48. The highest BCUT2D eigenvalue weighted by atomic mass is 35.5. The second-order valence-electron chi connectivity index (χ2n) is 7.78. The molecule has 1 amide bonds. The fourth-order valence-corrected chi connectivity index (χ4v) is 4.14. The number of anilines is 1. The van der Waals surface area contributed by atoms with Crippen molar-refractivity contribution < 1.29 is 19.0 Å². The van der Waals surface area contributed by atoms with Crippen molar-refractivity contribution in [3.8, 4) is 18.4 Å². The maximum atomic E-state index is 15.7. The lowest BCUT2D eigenvalue weighted by Gasteiger charge is -2.43. The number of alkyl halides is 1. The molecule has 2 aromatic rings. The SMILES string of the molecule is C#Cc1ccc(CN2CCC(CC#N)(n3cc(C(N)O)c(NC(=O)OC)n3)C(F)C2)c(Cl)c1. The third kappa shape index (κ3) is 5.10. The van der Waals surface area contributed by atoms with Crippen molar-refractivity contribution in [1.82, 2.24) is 14.7 Å². The number of aromatic nitrogens is 2. The Labute approximate surface area is 195 Å². The highest BCUT2D eigenvalue weighted by Crippen LogP contribution is 2.38. The Kier molecular flexibility index (Phi) is 7.57. The van der Waals surface area contributed by atoms with Gasteiger partial charge in [-0.1, -0.05) is 23.6 Å². The molecule has 0 aliphatic carbocycles. The monoisotopic (exact) mass is 474 g/mol. The Morgan fingerprint density at radius 1 is 1.61 bits per heavy atom. The zero-order chi connectivity index (χ0) is 24.2. The summed E-state index contributed by atoms with van der Waals surface area (Å²) in [7, 11) is 1.17. The van der Waals surface area contributed by atoms with Crippen LogP contribution in [-0.4, -0.2) is 52.3 Å². The van der Waals surface area contributed by atoms with E-state index >= 15 is 4.39 Å². The highest BCUT2D eigenvalue weighted by molar-refractivity contribution is 6.31. The van der Waals surface area contributed by atoms with Crippen LogP contribution in [0.3, 0.4) is 0 Å². The number of hydrogen-bond acceptors (Lipinski definition) is 7. The van der Waals surface area contributed by atoms with Gasteiger partial charge >= 0.3 is 6.09 Å². The number of ether oxygens (including phenoxy) is 1. The molecular formula is C22H24ClFN6O3. The van der Waals surface area contributed by atoms with Crippen molar-refractivity contribution in [2.45, 2.75) is 37.3 Å². The Hall–Kier alpha value is -3.15. The van der Waals surface area contributed by atoms with E-state index in [-0.39, 0.29) is 30.8 Å². The van der Waals surface area contributed by atoms with E-state index in [2.05, 4.69) is 21.1 Å². The summed E-state index contributed by atoms with van der Waals surface area (Å²) in [5.74, 6) is 2.45. The van der Waals surface area contributed by atoms with E-state index in [1.165, 1.54) is 18.0 Å². The van der Waals surface area contributed by atoms with Gasteiger partial charge in [0.1, 0.15) is 17.9 Å². The van der Waals surface area contributed by atoms with Crippen LogP contribution >= 0.6 is 11.6 Å². The van der Waals surface area contributed by atoms with E-state index < -0.39 is 24.0 Å². The van der Waals surface area contributed by atoms with Gasteiger partial charge in [0.05, 0.1) is 25.2 Å². The number of nitrogens with zero attached hydrogens (tertiary/aromatic N) is 4. The molecule has 0 saturated carbocycles. The number of likely N-dealkylation sites (tertiary alicyclic amines) is 1. The summed E-state index contributed by atoms with van der Waals surface area (Å²) >= 11 is 6.32. The van der Waals surface area contributed by atoms with Gasteiger partial charge in [-0.15, -0.1) is 6.42 Å². The maximum absolute atomic E-state index is 15.7. The molecule has 0 radical (unpaired) electrons. The number of aliphatic hydroxyl groups excluding tert-OH is 1. The molecular weight excluding hydrogens is 451 g/mol. The lowest BCUT2D eigenvalue weighted by atomic mass is 9.83. The number of terminal acetylenes is 1. The number of halogens is 2. The van der Waals surface area contributed by atoms with Gasteiger partial charge in [0.15, 0.2) is 5.82 Å². The standard InChI is InChI=1S/C22H24ClFN6O3/c1-3-14-4-5-15(17(23)10-14)11-29-9-7-22(6-8-25,18(24)13-29)30-12-16(19(26)31)20(28-30)27-21(32)33-2/h1,4-5,10,12,18-19,31H,6-7,9,11,13,26H2,2H3,(H,27,28,32). The molecule has 1 aliphatic heterocycles. The van der Waals surface area contributed by atoms with Crippen LogP contribution in [0.2, 0.25) is 5.02 Å². The summed E-state index contributed by atoms with van der Waals surface area (Å²) in [5, 5.41) is 26.4. The molecule has 174 valence electrons. The van der Waals surface area contributed by atoms with Crippen LogP contribution in [0, 0.1) is 23.7 Å². The highest BCUT2D eigenvalue weighted by Gasteiger charge is 2.46. The van der Waals surface area contributed by atoms with E-state index in [1.807, 2.05) is 17.0 Å². The molecule has 33 heavy (non-hydrogen) atoms. The number of nitriles is 1. The van der Waals surface area contributed by atoms with Crippen LogP contribution in [0.4, 0.5) is 15.0 Å². The van der Waals surface area contributed by atoms with Crippen LogP contribution in [0.25, 0.3) is 0 Å². The predicted octanol–water partition coefficient (Wildman–Crippen LogP) is 2.50. The first-order valence-electron chi connectivity index (χ1n) is 10.1. The number of carbonyl (C=O) groups is 1. The molecule has 3 atom stereocenters. The number of aliphatic hydroxyl groups is 1. The smallest absolute Gasteiger partial charge is 0.412 e. The molecule has 3 unspecified atom stereocenters. The molecule has 1 fully saturated rings. The summed E-state index contributed by atoms with van der Waals surface area (Å²) in [6.07, 6.45) is 3.05. The molecule has 3 rings (SSSR count). The third-order valence-corrected chi connectivity index (χ3v) is 6.14. The first kappa shape index (κ1) is 24.5. The van der Waals surface area contributed by atoms with Crippen molar-refractivity contribution in [2.24, 2.45) is 5.73 Å². The van der Waals surface area contributed by atoms with Crippen molar-refractivity contribution in [2.75, 3.05) is 25.5 Å². The molecule has 2 heterocycles. The average molecular weight is 475 g/mol. The van der Waals surface area contributed by atoms with Gasteiger partial charge in [0.25, 0.3) is 0 Å². The van der Waals surface area contributed by atoms with Gasteiger partial charge in [-0.05, 0) is 24.1 Å². The summed E-state index contributed by atoms with van der Waals surface area (Å²) in [6, 6.07) is 7.32. The number of amides is 1. The fourth-order valence-electron chi connectivity index (χ4n) is 3.90. The first-order chi connectivity index (χ1) is 15.7. The molecule has 1 saturated heterocycles. The van der Waals surface area contributed by atoms with Crippen LogP contribution in [0.5, 0.6) is 0 Å². The van der Waals surface area contributed by atoms with Crippen LogP contribution < -0.4 is 11.1 Å². The topological polar surface area (TPSA) is 129 Å². The number of carbonyl (C=O) groups excluding carboxylic acids is 1. The lowest BCUT2D eigenvalue weighted by Crippen LogP contribution is -2.54. The normalized spacial score (nSPS) is 21.6. The molecule has 11 heteroatoms. The Morgan fingerprint density at radius 3 is 2.94 bits per heavy atom. The molecule has 1 aromatic heterocycles. The van der Waals surface area contributed by atoms with Gasteiger partial charge < -0.3 is 15.6 Å². The summed E-state index contributed by atoms with van der Waals surface area (Å²) in [6.45, 7) is 0.887. The van der Waals surface area contributed by atoms with Crippen LogP contribution in [0.15, 0.2) is 24.4 Å². The number of methoxy groups -OCH3 is 1. The van der Waals surface area contributed by atoms with E-state index in [0.29, 0.717) is 23.7 Å². The fraction of sp³-hybridized carbons (Fsp3) is 0.409. The van der Waals surface area contributed by atoms with Gasteiger partial charge in [0.2, 0.25) is 0 Å². The second kappa shape index (κ2) is 10.2. The van der Waals surface area contributed by atoms with Crippen molar-refractivity contribution in [3.05, 3.63) is 46.1 Å². The van der Waals surface area contributed by atoms with Gasteiger partial charge in [-0.25, -0.2) is 9.18 Å². The minimum absolute atomic E-state index is 0.0229. The van der Waals surface area contributed by atoms with Gasteiger partial charge in [-0.3, -0.25) is 14.9 Å². The van der Waals surface area contributed by atoms with E-state index in [1.54, 1.807) is 12.1 Å². The van der Waals surface area contributed by atoms with Crippen molar-refractivity contribution in [3.63, 3.8) is 0 Å². The number of hydrogen-bond donors (Lipinski definition) is 3. The molecule has 9 nitrogen and oxygen atoms in total. The van der Waals surface area contributed by atoms with E-state index in [4.69, 9.17) is 23.8 Å². The molecule has 0 bridgehead atoms. The zero-order valence-electron chi connectivity index (χ0n) is 18.0. The van der Waals surface area contributed by atoms with Gasteiger partial charge in [-0.2, -0.15) is 10.4 Å². The summed E-state index contributed by atoms with van der Waals surface area (Å²) in [5.41, 5.74) is 5.83. The molecule has 0 spiro atoms. The second-order valence-corrected chi connectivity index (χ2v) is 8.19. The quantitative estimate of drug-likeness (QED) is 0.433. The van der Waals surface area contributed by atoms with E-state index in [0.717, 1.165) is 5.56 Å². The van der Waals surface area contributed by atoms with Crippen LogP contribution in [0.1, 0.15) is 35.8 Å². The van der Waals surface area contributed by atoms with Crippen molar-refractivity contribution >= 4 is 23.5 Å². The number of piperidine rings is 1. The summed E-state index contributed by atoms with van der Waals surface area (Å²) < 4.78 is 21.5. The number of rotatable bonds is 6. The lowest BCUT2D eigenvalue weighted by molar-refractivity contribution is 0.00681. The maximum Gasteiger partial charge on any atom is 0.412 e. The van der Waals surface area contributed by atoms with Crippen LogP contribution in [-0.2, 0) is 16.8 Å². The summed E-state index contributed by atoms with van der Waals surface area (Å²) in [4.78, 5) is 13.5. The third-order valence-electron chi connectivity index (χ3n) is 5.78. The first-order valence-corrected chi connectivity index (χ1v) is 10.5. The largest absolute Gasteiger partial charge is 0.453 e. The molecule has 1 aromatic carbocycles. The molecule has 1 aliphatic rings. The Balaban J connectivity index is 1.86. The Bertz CT molecular complexity index is 1110. The number of benzene rings is 1. The number of nitrogens with one attached hydrogen (secondary N) is 1. The average Bonchev–Trinajstić information content (AvgIpc) is 3.21. The predicted molar refractivity (Wildman–Crippen MR) is 120 cm³/mol. The zero-order valence-corrected chi connectivity index (χ0v) is 18.7. The minimum Gasteiger partial charge on any atom is -0.453 e.